The van der Waals surface area contributed by atoms with Gasteiger partial charge in [-0.3, -0.25) is 4.79 Å². The van der Waals surface area contributed by atoms with Gasteiger partial charge in [0, 0.05) is 25.9 Å². The van der Waals surface area contributed by atoms with Crippen molar-refractivity contribution in [3.05, 3.63) is 23.8 Å². The van der Waals surface area contributed by atoms with E-state index in [4.69, 9.17) is 11.5 Å². The lowest BCUT2D eigenvalue weighted by atomic mass is 10.2. The molecule has 1 amide bonds. The number of hydrogen-bond acceptors (Lipinski definition) is 4. The standard InChI is InChI=1S/C11H16N4O3S/c1-15(2)8-5-4-7(10(16)14-11(12)13)6-9(8)19(3,17)18/h4-6H,1-3H3,(H4,12,13,14,16). The highest BCUT2D eigenvalue weighted by molar-refractivity contribution is 7.90. The Bertz CT molecular complexity index is 631. The third-order valence-electron chi connectivity index (χ3n) is 2.32. The van der Waals surface area contributed by atoms with Gasteiger partial charge in [-0.2, -0.15) is 4.99 Å². The van der Waals surface area contributed by atoms with Crippen LogP contribution in [0, 0.1) is 0 Å². The molecule has 104 valence electrons. The molecular formula is C11H16N4O3S. The lowest BCUT2D eigenvalue weighted by Gasteiger charge is -2.16. The maximum atomic E-state index is 11.7. The molecule has 0 heterocycles. The molecule has 8 heteroatoms. The summed E-state index contributed by atoms with van der Waals surface area (Å²) in [6, 6.07) is 4.27. The Hall–Kier alpha value is -2.09. The Balaban J connectivity index is 3.43. The minimum atomic E-state index is -3.47. The molecule has 0 saturated carbocycles. The van der Waals surface area contributed by atoms with Crippen LogP contribution in [0.25, 0.3) is 0 Å². The lowest BCUT2D eigenvalue weighted by Crippen LogP contribution is -2.24. The van der Waals surface area contributed by atoms with Crippen LogP contribution in [-0.4, -0.2) is 40.6 Å². The van der Waals surface area contributed by atoms with E-state index in [0.717, 1.165) is 6.26 Å². The summed E-state index contributed by atoms with van der Waals surface area (Å²) < 4.78 is 23.5. The fourth-order valence-electron chi connectivity index (χ4n) is 1.50. The Labute approximate surface area is 111 Å². The Kier molecular flexibility index (Phi) is 4.15. The molecule has 0 fully saturated rings. The molecule has 7 nitrogen and oxygen atoms in total. The SMILES string of the molecule is CN(C)c1ccc(C(=O)N=C(N)N)cc1S(C)(=O)=O. The van der Waals surface area contributed by atoms with E-state index in [0.29, 0.717) is 5.69 Å². The molecular weight excluding hydrogens is 268 g/mol. The number of guanidine groups is 1. The zero-order valence-corrected chi connectivity index (χ0v) is 11.7. The number of hydrogen-bond donors (Lipinski definition) is 2. The zero-order valence-electron chi connectivity index (χ0n) is 10.9. The van der Waals surface area contributed by atoms with E-state index >= 15 is 0 Å². The molecule has 0 radical (unpaired) electrons. The molecule has 0 spiro atoms. The van der Waals surface area contributed by atoms with Crippen molar-refractivity contribution in [1.82, 2.24) is 0 Å². The van der Waals surface area contributed by atoms with Crippen LogP contribution in [0.5, 0.6) is 0 Å². The number of carbonyl (C=O) groups is 1. The summed E-state index contributed by atoms with van der Waals surface area (Å²) in [5, 5.41) is 0. The molecule has 0 aliphatic heterocycles. The Morgan fingerprint density at radius 3 is 2.26 bits per heavy atom. The number of benzene rings is 1. The fourth-order valence-corrected chi connectivity index (χ4v) is 2.47. The minimum absolute atomic E-state index is 0.0501. The van der Waals surface area contributed by atoms with Gasteiger partial charge < -0.3 is 16.4 Å². The summed E-state index contributed by atoms with van der Waals surface area (Å²) in [4.78, 5) is 16.7. The van der Waals surface area contributed by atoms with Crippen molar-refractivity contribution < 1.29 is 13.2 Å². The van der Waals surface area contributed by atoms with Crippen LogP contribution in [0.1, 0.15) is 10.4 Å². The van der Waals surface area contributed by atoms with Crippen LogP contribution in [0.4, 0.5) is 5.69 Å². The molecule has 0 aliphatic rings. The van der Waals surface area contributed by atoms with Gasteiger partial charge in [-0.25, -0.2) is 8.42 Å². The van der Waals surface area contributed by atoms with Crippen molar-refractivity contribution in [1.29, 1.82) is 0 Å². The monoisotopic (exact) mass is 284 g/mol. The predicted molar refractivity (Wildman–Crippen MR) is 74.0 cm³/mol. The van der Waals surface area contributed by atoms with Crippen LogP contribution >= 0.6 is 0 Å². The van der Waals surface area contributed by atoms with Gasteiger partial charge in [-0.1, -0.05) is 0 Å². The highest BCUT2D eigenvalue weighted by atomic mass is 32.2. The van der Waals surface area contributed by atoms with Gasteiger partial charge in [0.15, 0.2) is 15.8 Å². The molecule has 0 bridgehead atoms. The van der Waals surface area contributed by atoms with E-state index in [2.05, 4.69) is 4.99 Å². The first-order chi connectivity index (χ1) is 8.62. The number of amides is 1. The summed E-state index contributed by atoms with van der Waals surface area (Å²) in [5.74, 6) is -1.06. The van der Waals surface area contributed by atoms with E-state index in [1.54, 1.807) is 19.0 Å². The van der Waals surface area contributed by atoms with Crippen LogP contribution in [0.15, 0.2) is 28.1 Å². The number of nitrogens with two attached hydrogens (primary N) is 2. The number of rotatable bonds is 3. The number of nitrogens with zero attached hydrogens (tertiary/aromatic N) is 2. The van der Waals surface area contributed by atoms with Crippen molar-refractivity contribution in [2.24, 2.45) is 16.5 Å². The normalized spacial score (nSPS) is 10.9. The molecule has 0 unspecified atom stereocenters. The van der Waals surface area contributed by atoms with Crippen LogP contribution in [0.3, 0.4) is 0 Å². The average molecular weight is 284 g/mol. The van der Waals surface area contributed by atoms with E-state index in [-0.39, 0.29) is 16.4 Å². The van der Waals surface area contributed by atoms with Gasteiger partial charge in [-0.05, 0) is 18.2 Å². The number of aliphatic imine (C=N–C) groups is 1. The molecule has 19 heavy (non-hydrogen) atoms. The van der Waals surface area contributed by atoms with Crippen molar-refractivity contribution in [3.63, 3.8) is 0 Å². The molecule has 4 N–H and O–H groups in total. The van der Waals surface area contributed by atoms with Crippen LogP contribution < -0.4 is 16.4 Å². The summed E-state index contributed by atoms with van der Waals surface area (Å²) >= 11 is 0. The second-order valence-electron chi connectivity index (χ2n) is 4.19. The first kappa shape index (κ1) is 15.0. The number of carbonyl (C=O) groups excluding carboxylic acids is 1. The second kappa shape index (κ2) is 5.27. The molecule has 0 aromatic heterocycles. The van der Waals surface area contributed by atoms with Gasteiger partial charge in [0.2, 0.25) is 0 Å². The van der Waals surface area contributed by atoms with Crippen molar-refractivity contribution in [2.45, 2.75) is 4.90 Å². The van der Waals surface area contributed by atoms with E-state index in [1.807, 2.05) is 0 Å². The van der Waals surface area contributed by atoms with E-state index < -0.39 is 15.7 Å². The van der Waals surface area contributed by atoms with Crippen LogP contribution in [-0.2, 0) is 9.84 Å². The summed E-state index contributed by atoms with van der Waals surface area (Å²) in [6.45, 7) is 0. The smallest absolute Gasteiger partial charge is 0.280 e. The summed E-state index contributed by atoms with van der Waals surface area (Å²) in [7, 11) is -0.0481. The lowest BCUT2D eigenvalue weighted by molar-refractivity contribution is 0.100. The van der Waals surface area contributed by atoms with Crippen molar-refractivity contribution in [3.8, 4) is 0 Å². The third kappa shape index (κ3) is 3.68. The summed E-state index contributed by atoms with van der Waals surface area (Å²) in [6.07, 6.45) is 1.07. The molecule has 0 aliphatic carbocycles. The van der Waals surface area contributed by atoms with E-state index in [1.165, 1.54) is 18.2 Å². The third-order valence-corrected chi connectivity index (χ3v) is 3.44. The Morgan fingerprint density at radius 1 is 1.26 bits per heavy atom. The van der Waals surface area contributed by atoms with E-state index in [9.17, 15) is 13.2 Å². The van der Waals surface area contributed by atoms with Gasteiger partial charge >= 0.3 is 0 Å². The van der Waals surface area contributed by atoms with Crippen molar-refractivity contribution in [2.75, 3.05) is 25.3 Å². The first-order valence-electron chi connectivity index (χ1n) is 5.28. The zero-order chi connectivity index (χ0) is 14.8. The first-order valence-corrected chi connectivity index (χ1v) is 7.17. The molecule has 1 aromatic rings. The van der Waals surface area contributed by atoms with Crippen LogP contribution in [0.2, 0.25) is 0 Å². The average Bonchev–Trinajstić information content (AvgIpc) is 2.25. The topological polar surface area (TPSA) is 119 Å². The van der Waals surface area contributed by atoms with Gasteiger partial charge in [0.25, 0.3) is 5.91 Å². The minimum Gasteiger partial charge on any atom is -0.377 e. The molecule has 1 rings (SSSR count). The quantitative estimate of drug-likeness (QED) is 0.574. The number of sulfone groups is 1. The second-order valence-corrected chi connectivity index (χ2v) is 6.18. The van der Waals surface area contributed by atoms with Crippen molar-refractivity contribution >= 4 is 27.4 Å². The summed E-state index contributed by atoms with van der Waals surface area (Å²) in [5.41, 5.74) is 10.8. The Morgan fingerprint density at radius 2 is 1.84 bits per heavy atom. The maximum Gasteiger partial charge on any atom is 0.280 e. The highest BCUT2D eigenvalue weighted by Crippen LogP contribution is 2.25. The predicted octanol–water partition coefficient (Wildman–Crippen LogP) is -0.430. The van der Waals surface area contributed by atoms with Gasteiger partial charge in [0.1, 0.15) is 0 Å². The maximum absolute atomic E-state index is 11.7. The largest absolute Gasteiger partial charge is 0.377 e. The molecule has 0 saturated heterocycles. The molecule has 0 atom stereocenters. The highest BCUT2D eigenvalue weighted by Gasteiger charge is 2.17. The number of anilines is 1. The fraction of sp³-hybridized carbons (Fsp3) is 0.273. The van der Waals surface area contributed by atoms with Gasteiger partial charge in [-0.15, -0.1) is 0 Å². The van der Waals surface area contributed by atoms with Gasteiger partial charge in [0.05, 0.1) is 10.6 Å². The molecule has 1 aromatic carbocycles.